The lowest BCUT2D eigenvalue weighted by Crippen LogP contribution is -2.48. The minimum absolute atomic E-state index is 0.0768. The summed E-state index contributed by atoms with van der Waals surface area (Å²) in [6, 6.07) is 9.30. The lowest BCUT2D eigenvalue weighted by Gasteiger charge is -2.34. The fourth-order valence-electron chi connectivity index (χ4n) is 2.86. The third-order valence-electron chi connectivity index (χ3n) is 4.39. The first kappa shape index (κ1) is 17.8. The van der Waals surface area contributed by atoms with Gasteiger partial charge in [-0.3, -0.25) is 9.59 Å². The van der Waals surface area contributed by atoms with E-state index < -0.39 is 0 Å². The molecule has 1 aromatic heterocycles. The van der Waals surface area contributed by atoms with Crippen molar-refractivity contribution in [1.82, 2.24) is 14.9 Å². The molecule has 0 unspecified atom stereocenters. The van der Waals surface area contributed by atoms with Crippen LogP contribution in [0.5, 0.6) is 0 Å². The maximum Gasteiger partial charge on any atom is 0.274 e. The Morgan fingerprint density at radius 3 is 2.27 bits per heavy atom. The van der Waals surface area contributed by atoms with Crippen molar-refractivity contribution in [3.8, 4) is 0 Å². The van der Waals surface area contributed by atoms with Gasteiger partial charge in [0.1, 0.15) is 5.69 Å². The lowest BCUT2D eigenvalue weighted by atomic mass is 10.2. The van der Waals surface area contributed by atoms with Crippen LogP contribution in [0.25, 0.3) is 0 Å². The number of aromatic nitrogens is 2. The summed E-state index contributed by atoms with van der Waals surface area (Å²) >= 11 is 0. The highest BCUT2D eigenvalue weighted by atomic mass is 16.2. The molecule has 2 amide bonds. The highest BCUT2D eigenvalue weighted by Gasteiger charge is 2.22. The van der Waals surface area contributed by atoms with Crippen molar-refractivity contribution in [2.45, 2.75) is 20.8 Å². The van der Waals surface area contributed by atoms with Crippen LogP contribution in [-0.2, 0) is 4.79 Å². The summed E-state index contributed by atoms with van der Waals surface area (Å²) in [6.45, 7) is 8.00. The van der Waals surface area contributed by atoms with Crippen LogP contribution >= 0.6 is 0 Å². The second-order valence-electron chi connectivity index (χ2n) is 6.51. The van der Waals surface area contributed by atoms with Gasteiger partial charge in [0, 0.05) is 44.5 Å². The number of benzene rings is 1. The number of hydrogen-bond acceptors (Lipinski definition) is 5. The van der Waals surface area contributed by atoms with Gasteiger partial charge in [0.25, 0.3) is 5.91 Å². The highest BCUT2D eigenvalue weighted by Crippen LogP contribution is 2.15. The van der Waals surface area contributed by atoms with E-state index in [2.05, 4.69) is 15.3 Å². The van der Waals surface area contributed by atoms with E-state index in [1.54, 1.807) is 17.9 Å². The Morgan fingerprint density at radius 2 is 1.65 bits per heavy atom. The average molecular weight is 353 g/mol. The lowest BCUT2D eigenvalue weighted by molar-refractivity contribution is -0.129. The number of carbonyl (C=O) groups excluding carboxylic acids is 2. The van der Waals surface area contributed by atoms with Crippen molar-refractivity contribution in [2.24, 2.45) is 0 Å². The predicted octanol–water partition coefficient (Wildman–Crippen LogP) is 2.01. The molecule has 0 atom stereocenters. The molecular formula is C19H23N5O2. The molecule has 2 heterocycles. The van der Waals surface area contributed by atoms with Gasteiger partial charge in [-0.1, -0.05) is 17.7 Å². The standard InChI is InChI=1S/C19H23N5O2/c1-13-4-6-16(7-5-13)21-18(26)17-12-14(2)20-19(22-17)24-10-8-23(9-11-24)15(3)25/h4-7,12H,8-11H2,1-3H3,(H,21,26). The molecule has 1 aliphatic rings. The number of nitrogens with zero attached hydrogens (tertiary/aromatic N) is 4. The summed E-state index contributed by atoms with van der Waals surface area (Å²) in [6.07, 6.45) is 0. The number of hydrogen-bond donors (Lipinski definition) is 1. The first-order valence-electron chi connectivity index (χ1n) is 8.66. The van der Waals surface area contributed by atoms with Crippen molar-refractivity contribution in [1.29, 1.82) is 0 Å². The maximum atomic E-state index is 12.6. The molecule has 2 aromatic rings. The van der Waals surface area contributed by atoms with Crippen LogP contribution in [0.2, 0.25) is 0 Å². The molecule has 1 aliphatic heterocycles. The first-order valence-corrected chi connectivity index (χ1v) is 8.66. The number of anilines is 2. The molecule has 136 valence electrons. The van der Waals surface area contributed by atoms with E-state index in [1.807, 2.05) is 43.0 Å². The molecule has 26 heavy (non-hydrogen) atoms. The van der Waals surface area contributed by atoms with Crippen molar-refractivity contribution in [2.75, 3.05) is 36.4 Å². The first-order chi connectivity index (χ1) is 12.4. The Labute approximate surface area is 153 Å². The molecule has 0 radical (unpaired) electrons. The van der Waals surface area contributed by atoms with Crippen LogP contribution in [0.1, 0.15) is 28.7 Å². The van der Waals surface area contributed by atoms with Crippen LogP contribution in [0.3, 0.4) is 0 Å². The quantitative estimate of drug-likeness (QED) is 0.913. The summed E-state index contributed by atoms with van der Waals surface area (Å²) in [5.74, 6) is 0.346. The summed E-state index contributed by atoms with van der Waals surface area (Å²) in [7, 11) is 0. The van der Waals surface area contributed by atoms with E-state index in [0.717, 1.165) is 16.9 Å². The van der Waals surface area contributed by atoms with Gasteiger partial charge in [-0.05, 0) is 32.0 Å². The van der Waals surface area contributed by atoms with E-state index in [-0.39, 0.29) is 11.8 Å². The summed E-state index contributed by atoms with van der Waals surface area (Å²) < 4.78 is 0. The van der Waals surface area contributed by atoms with Crippen LogP contribution in [0.15, 0.2) is 30.3 Å². The molecule has 1 N–H and O–H groups in total. The third-order valence-corrected chi connectivity index (χ3v) is 4.39. The SMILES string of the molecule is CC(=O)N1CCN(c2nc(C)cc(C(=O)Nc3ccc(C)cc3)n2)CC1. The largest absolute Gasteiger partial charge is 0.339 e. The van der Waals surface area contributed by atoms with Crippen molar-refractivity contribution < 1.29 is 9.59 Å². The van der Waals surface area contributed by atoms with Gasteiger partial charge in [0.05, 0.1) is 0 Å². The zero-order chi connectivity index (χ0) is 18.7. The minimum atomic E-state index is -0.261. The second-order valence-corrected chi connectivity index (χ2v) is 6.51. The Hall–Kier alpha value is -2.96. The van der Waals surface area contributed by atoms with Gasteiger partial charge in [-0.25, -0.2) is 9.97 Å². The van der Waals surface area contributed by atoms with Gasteiger partial charge in [-0.2, -0.15) is 0 Å². The molecule has 0 aliphatic carbocycles. The van der Waals surface area contributed by atoms with E-state index in [4.69, 9.17) is 0 Å². The Kier molecular flexibility index (Phi) is 5.16. The molecule has 1 aromatic carbocycles. The summed E-state index contributed by atoms with van der Waals surface area (Å²) in [5, 5.41) is 2.86. The average Bonchev–Trinajstić information content (AvgIpc) is 2.63. The molecule has 7 nitrogen and oxygen atoms in total. The zero-order valence-corrected chi connectivity index (χ0v) is 15.3. The molecule has 3 rings (SSSR count). The van der Waals surface area contributed by atoms with Crippen molar-refractivity contribution in [3.05, 3.63) is 47.3 Å². The van der Waals surface area contributed by atoms with Crippen LogP contribution in [-0.4, -0.2) is 52.9 Å². The van der Waals surface area contributed by atoms with Gasteiger partial charge >= 0.3 is 0 Å². The summed E-state index contributed by atoms with van der Waals surface area (Å²) in [5.41, 5.74) is 2.93. The molecular weight excluding hydrogens is 330 g/mol. The van der Waals surface area contributed by atoms with Gasteiger partial charge in [-0.15, -0.1) is 0 Å². The van der Waals surface area contributed by atoms with Gasteiger partial charge in [0.2, 0.25) is 11.9 Å². The predicted molar refractivity (Wildman–Crippen MR) is 100 cm³/mol. The molecule has 0 saturated carbocycles. The molecule has 0 bridgehead atoms. The van der Waals surface area contributed by atoms with Crippen molar-refractivity contribution in [3.63, 3.8) is 0 Å². The van der Waals surface area contributed by atoms with Crippen LogP contribution < -0.4 is 10.2 Å². The maximum absolute atomic E-state index is 12.6. The third kappa shape index (κ3) is 4.17. The smallest absolute Gasteiger partial charge is 0.274 e. The summed E-state index contributed by atoms with van der Waals surface area (Å²) in [4.78, 5) is 36.7. The number of rotatable bonds is 3. The topological polar surface area (TPSA) is 78.4 Å². The molecule has 1 fully saturated rings. The number of aryl methyl sites for hydroxylation is 2. The normalized spacial score (nSPS) is 14.3. The Morgan fingerprint density at radius 1 is 1.00 bits per heavy atom. The monoisotopic (exact) mass is 353 g/mol. The number of nitrogens with one attached hydrogen (secondary N) is 1. The Balaban J connectivity index is 1.74. The van der Waals surface area contributed by atoms with E-state index in [9.17, 15) is 9.59 Å². The van der Waals surface area contributed by atoms with E-state index in [0.29, 0.717) is 37.8 Å². The number of carbonyl (C=O) groups is 2. The van der Waals surface area contributed by atoms with Gasteiger partial charge < -0.3 is 15.1 Å². The van der Waals surface area contributed by atoms with Gasteiger partial charge in [0.15, 0.2) is 0 Å². The van der Waals surface area contributed by atoms with Crippen LogP contribution in [0.4, 0.5) is 11.6 Å². The highest BCUT2D eigenvalue weighted by molar-refractivity contribution is 6.03. The van der Waals surface area contributed by atoms with E-state index >= 15 is 0 Å². The molecule has 7 heteroatoms. The zero-order valence-electron chi connectivity index (χ0n) is 15.3. The van der Waals surface area contributed by atoms with E-state index in [1.165, 1.54) is 0 Å². The molecule has 1 saturated heterocycles. The number of amides is 2. The van der Waals surface area contributed by atoms with Crippen molar-refractivity contribution >= 4 is 23.5 Å². The number of piperazine rings is 1. The van der Waals surface area contributed by atoms with Crippen LogP contribution in [0, 0.1) is 13.8 Å². The Bertz CT molecular complexity index is 811. The minimum Gasteiger partial charge on any atom is -0.339 e. The second kappa shape index (κ2) is 7.51. The molecule has 0 spiro atoms. The fraction of sp³-hybridized carbons (Fsp3) is 0.368. The fourth-order valence-corrected chi connectivity index (χ4v) is 2.86.